The fraction of sp³-hybridized carbons (Fsp3) is 0.533. The molecule has 0 spiro atoms. The van der Waals surface area contributed by atoms with Crippen molar-refractivity contribution >= 4 is 16.0 Å². The molecule has 0 bridgehead atoms. The summed E-state index contributed by atoms with van der Waals surface area (Å²) < 4.78 is 26.2. The van der Waals surface area contributed by atoms with Crippen LogP contribution in [0.4, 0.5) is 0 Å². The highest BCUT2D eigenvalue weighted by Gasteiger charge is 2.42. The van der Waals surface area contributed by atoms with Crippen molar-refractivity contribution in [1.82, 2.24) is 4.31 Å². The molecule has 1 aliphatic rings. The summed E-state index contributed by atoms with van der Waals surface area (Å²) in [5.74, 6) is -1.30. The van der Waals surface area contributed by atoms with Gasteiger partial charge in [-0.25, -0.2) is 8.42 Å². The zero-order valence-corrected chi connectivity index (χ0v) is 13.1. The molecule has 1 unspecified atom stereocenters. The third kappa shape index (κ3) is 3.63. The molecule has 0 heterocycles. The van der Waals surface area contributed by atoms with Gasteiger partial charge in [-0.15, -0.1) is 0 Å². The van der Waals surface area contributed by atoms with Crippen molar-refractivity contribution in [3.05, 3.63) is 35.4 Å². The number of aryl methyl sites for hydroxylation is 1. The summed E-state index contributed by atoms with van der Waals surface area (Å²) in [5, 5.41) is 7.59. The molecule has 1 fully saturated rings. The lowest BCUT2D eigenvalue weighted by Crippen LogP contribution is -2.42. The maximum absolute atomic E-state index is 12.4. The standard InChI is InChI=1S/C15H21NO4S/c1-3-12-4-6-13(7-5-12)10-16(14-8-9-14)21(19,20)11(2)15(17)18/h4-7,11,14H,3,8-10H2,1-2H3,(H,17,18). The van der Waals surface area contributed by atoms with Crippen molar-refractivity contribution in [2.75, 3.05) is 0 Å². The van der Waals surface area contributed by atoms with Gasteiger partial charge in [0.15, 0.2) is 5.25 Å². The molecule has 0 amide bonds. The lowest BCUT2D eigenvalue weighted by atomic mass is 10.1. The van der Waals surface area contributed by atoms with Crippen molar-refractivity contribution in [1.29, 1.82) is 0 Å². The van der Waals surface area contributed by atoms with Gasteiger partial charge in [0.25, 0.3) is 0 Å². The molecule has 116 valence electrons. The first-order chi connectivity index (χ1) is 9.86. The minimum absolute atomic E-state index is 0.0531. The van der Waals surface area contributed by atoms with Crippen LogP contribution < -0.4 is 0 Å². The van der Waals surface area contributed by atoms with Gasteiger partial charge in [-0.1, -0.05) is 31.2 Å². The summed E-state index contributed by atoms with van der Waals surface area (Å²) in [5.41, 5.74) is 2.08. The Labute approximate surface area is 125 Å². The number of sulfonamides is 1. The van der Waals surface area contributed by atoms with E-state index in [4.69, 9.17) is 5.11 Å². The number of rotatable bonds is 7. The zero-order valence-electron chi connectivity index (χ0n) is 12.3. The van der Waals surface area contributed by atoms with Crippen LogP contribution in [0.5, 0.6) is 0 Å². The summed E-state index contributed by atoms with van der Waals surface area (Å²) >= 11 is 0. The SMILES string of the molecule is CCc1ccc(CN(C2CC2)S(=O)(=O)C(C)C(=O)O)cc1. The molecule has 21 heavy (non-hydrogen) atoms. The Kier molecular flexibility index (Phi) is 4.68. The number of nitrogens with zero attached hydrogens (tertiary/aromatic N) is 1. The number of hydrogen-bond acceptors (Lipinski definition) is 3. The van der Waals surface area contributed by atoms with Crippen molar-refractivity contribution in [2.24, 2.45) is 0 Å². The molecule has 1 saturated carbocycles. The summed E-state index contributed by atoms with van der Waals surface area (Å²) in [4.78, 5) is 11.0. The monoisotopic (exact) mass is 311 g/mol. The number of benzene rings is 1. The smallest absolute Gasteiger partial charge is 0.323 e. The second-order valence-electron chi connectivity index (χ2n) is 5.47. The van der Waals surface area contributed by atoms with Crippen LogP contribution in [0, 0.1) is 0 Å². The van der Waals surface area contributed by atoms with E-state index in [1.54, 1.807) is 0 Å². The van der Waals surface area contributed by atoms with Gasteiger partial charge in [0, 0.05) is 12.6 Å². The Morgan fingerprint density at radius 3 is 2.24 bits per heavy atom. The highest BCUT2D eigenvalue weighted by Crippen LogP contribution is 2.32. The third-order valence-electron chi connectivity index (χ3n) is 3.85. The summed E-state index contributed by atoms with van der Waals surface area (Å²) in [6, 6.07) is 7.73. The number of carboxylic acid groups (broad SMARTS) is 1. The second kappa shape index (κ2) is 6.15. The molecule has 0 aromatic heterocycles. The first kappa shape index (κ1) is 16.0. The van der Waals surface area contributed by atoms with E-state index in [0.717, 1.165) is 24.8 Å². The highest BCUT2D eigenvalue weighted by atomic mass is 32.2. The van der Waals surface area contributed by atoms with E-state index in [1.165, 1.54) is 16.8 Å². The van der Waals surface area contributed by atoms with Gasteiger partial charge in [0.05, 0.1) is 0 Å². The quantitative estimate of drug-likeness (QED) is 0.836. The maximum Gasteiger partial charge on any atom is 0.323 e. The molecule has 2 rings (SSSR count). The van der Waals surface area contributed by atoms with E-state index in [0.29, 0.717) is 0 Å². The number of carboxylic acids is 1. The maximum atomic E-state index is 12.4. The van der Waals surface area contributed by atoms with E-state index < -0.39 is 21.2 Å². The molecule has 1 aromatic rings. The molecule has 1 aliphatic carbocycles. The molecule has 5 nitrogen and oxygen atoms in total. The first-order valence-electron chi connectivity index (χ1n) is 7.17. The lowest BCUT2D eigenvalue weighted by molar-refractivity contribution is -0.136. The van der Waals surface area contributed by atoms with Gasteiger partial charge in [-0.05, 0) is 37.3 Å². The fourth-order valence-electron chi connectivity index (χ4n) is 2.18. The van der Waals surface area contributed by atoms with Crippen LogP contribution >= 0.6 is 0 Å². The van der Waals surface area contributed by atoms with Crippen LogP contribution in [0.2, 0.25) is 0 Å². The molecule has 1 aromatic carbocycles. The molecular formula is C15H21NO4S. The second-order valence-corrected chi connectivity index (χ2v) is 7.68. The van der Waals surface area contributed by atoms with E-state index in [2.05, 4.69) is 6.92 Å². The van der Waals surface area contributed by atoms with Crippen LogP contribution in [0.25, 0.3) is 0 Å². The molecule has 0 saturated heterocycles. The Morgan fingerprint density at radius 1 is 1.29 bits per heavy atom. The third-order valence-corrected chi connectivity index (χ3v) is 6.02. The summed E-state index contributed by atoms with van der Waals surface area (Å²) in [6.07, 6.45) is 2.54. The molecule has 1 atom stereocenters. The minimum Gasteiger partial charge on any atom is -0.480 e. The lowest BCUT2D eigenvalue weighted by Gasteiger charge is -2.24. The van der Waals surface area contributed by atoms with Crippen molar-refractivity contribution < 1.29 is 18.3 Å². The summed E-state index contributed by atoms with van der Waals surface area (Å²) in [6.45, 7) is 3.53. The average molecular weight is 311 g/mol. The van der Waals surface area contributed by atoms with Crippen molar-refractivity contribution in [3.8, 4) is 0 Å². The normalized spacial score (nSPS) is 16.9. The van der Waals surface area contributed by atoms with Crippen LogP contribution in [0.1, 0.15) is 37.8 Å². The predicted octanol–water partition coefficient (Wildman–Crippen LogP) is 2.02. The highest BCUT2D eigenvalue weighted by molar-refractivity contribution is 7.90. The Morgan fingerprint density at radius 2 is 1.81 bits per heavy atom. The summed E-state index contributed by atoms with van der Waals surface area (Å²) in [7, 11) is -3.82. The van der Waals surface area contributed by atoms with Gasteiger partial charge in [-0.2, -0.15) is 4.31 Å². The number of hydrogen-bond donors (Lipinski definition) is 1. The van der Waals surface area contributed by atoms with Gasteiger partial charge < -0.3 is 5.11 Å². The van der Waals surface area contributed by atoms with E-state index in [1.807, 2.05) is 24.3 Å². The van der Waals surface area contributed by atoms with E-state index >= 15 is 0 Å². The molecular weight excluding hydrogens is 290 g/mol. The first-order valence-corrected chi connectivity index (χ1v) is 8.68. The topological polar surface area (TPSA) is 74.7 Å². The average Bonchev–Trinajstić information content (AvgIpc) is 3.28. The van der Waals surface area contributed by atoms with Crippen LogP contribution in [-0.4, -0.2) is 35.1 Å². The zero-order chi connectivity index (χ0) is 15.6. The Bertz CT molecular complexity index is 605. The predicted molar refractivity (Wildman–Crippen MR) is 80.4 cm³/mol. The van der Waals surface area contributed by atoms with E-state index in [-0.39, 0.29) is 12.6 Å². The van der Waals surface area contributed by atoms with Gasteiger partial charge in [0.2, 0.25) is 10.0 Å². The van der Waals surface area contributed by atoms with Gasteiger partial charge >= 0.3 is 5.97 Å². The van der Waals surface area contributed by atoms with Gasteiger partial charge in [-0.3, -0.25) is 4.79 Å². The van der Waals surface area contributed by atoms with Crippen LogP contribution in [0.15, 0.2) is 24.3 Å². The van der Waals surface area contributed by atoms with Crippen molar-refractivity contribution in [3.63, 3.8) is 0 Å². The Balaban J connectivity index is 2.21. The van der Waals surface area contributed by atoms with Crippen LogP contribution in [0.3, 0.4) is 0 Å². The van der Waals surface area contributed by atoms with Crippen LogP contribution in [-0.2, 0) is 27.8 Å². The molecule has 1 N–H and O–H groups in total. The number of carbonyl (C=O) groups is 1. The fourth-order valence-corrected chi connectivity index (χ4v) is 3.80. The largest absolute Gasteiger partial charge is 0.480 e. The molecule has 0 aliphatic heterocycles. The molecule has 6 heteroatoms. The number of aliphatic carboxylic acids is 1. The van der Waals surface area contributed by atoms with E-state index in [9.17, 15) is 13.2 Å². The van der Waals surface area contributed by atoms with Crippen molar-refractivity contribution in [2.45, 2.75) is 50.9 Å². The minimum atomic E-state index is -3.82. The van der Waals surface area contributed by atoms with Gasteiger partial charge in [0.1, 0.15) is 0 Å². The molecule has 0 radical (unpaired) electrons. The Hall–Kier alpha value is -1.40.